The van der Waals surface area contributed by atoms with Crippen LogP contribution < -0.4 is 0 Å². The lowest BCUT2D eigenvalue weighted by atomic mass is 10.1. The first-order chi connectivity index (χ1) is 6.27. The number of rotatable bonds is 3. The van der Waals surface area contributed by atoms with E-state index in [1.165, 1.54) is 12.8 Å². The number of halogens is 2. The molecule has 1 atom stereocenters. The average Bonchev–Trinajstić information content (AvgIpc) is 2.91. The van der Waals surface area contributed by atoms with Gasteiger partial charge in [-0.25, -0.2) is 0 Å². The lowest BCUT2D eigenvalue weighted by Crippen LogP contribution is -2.05. The van der Waals surface area contributed by atoms with Gasteiger partial charge in [-0.3, -0.25) is 4.98 Å². The van der Waals surface area contributed by atoms with Crippen molar-refractivity contribution in [3.05, 3.63) is 29.0 Å². The van der Waals surface area contributed by atoms with Gasteiger partial charge in [0.15, 0.2) is 0 Å². The Morgan fingerprint density at radius 2 is 2.31 bits per heavy atom. The van der Waals surface area contributed by atoms with Crippen LogP contribution in [0.4, 0.5) is 0 Å². The Hall–Kier alpha value is -0.270. The molecular weight excluding hydrogens is 205 g/mol. The first-order valence-electron chi connectivity index (χ1n) is 4.50. The highest BCUT2D eigenvalue weighted by Gasteiger charge is 2.29. The van der Waals surface area contributed by atoms with Crippen LogP contribution in [0.5, 0.6) is 0 Å². The fourth-order valence-electron chi connectivity index (χ4n) is 1.40. The molecule has 1 unspecified atom stereocenters. The summed E-state index contributed by atoms with van der Waals surface area (Å²) < 4.78 is 0. The number of nitrogens with zero attached hydrogens (tertiary/aromatic N) is 1. The van der Waals surface area contributed by atoms with Crippen molar-refractivity contribution in [1.82, 2.24) is 4.98 Å². The summed E-state index contributed by atoms with van der Waals surface area (Å²) in [4.78, 5) is 3.94. The first-order valence-corrected chi connectivity index (χ1v) is 5.31. The number of alkyl halides is 1. The van der Waals surface area contributed by atoms with E-state index in [-0.39, 0.29) is 5.38 Å². The third kappa shape index (κ3) is 2.35. The minimum Gasteiger partial charge on any atom is -0.263 e. The van der Waals surface area contributed by atoms with Gasteiger partial charge in [-0.15, -0.1) is 11.6 Å². The number of pyridine rings is 1. The van der Waals surface area contributed by atoms with Gasteiger partial charge in [0.05, 0.1) is 5.02 Å². The van der Waals surface area contributed by atoms with Crippen molar-refractivity contribution in [2.45, 2.75) is 24.6 Å². The van der Waals surface area contributed by atoms with Gasteiger partial charge in [0.1, 0.15) is 0 Å². The van der Waals surface area contributed by atoms with Crippen LogP contribution >= 0.6 is 23.2 Å². The van der Waals surface area contributed by atoms with E-state index >= 15 is 0 Å². The molecule has 70 valence electrons. The molecule has 0 aromatic carbocycles. The van der Waals surface area contributed by atoms with Gasteiger partial charge in [0, 0.05) is 17.8 Å². The van der Waals surface area contributed by atoms with E-state index in [2.05, 4.69) is 4.98 Å². The topological polar surface area (TPSA) is 12.9 Å². The van der Waals surface area contributed by atoms with Crippen LogP contribution in [0.1, 0.15) is 18.4 Å². The molecule has 1 nitrogen and oxygen atoms in total. The molecule has 0 aliphatic heterocycles. The molecule has 0 spiro atoms. The molecule has 0 amide bonds. The van der Waals surface area contributed by atoms with Gasteiger partial charge in [0.2, 0.25) is 0 Å². The maximum Gasteiger partial charge on any atom is 0.0621 e. The number of hydrogen-bond donors (Lipinski definition) is 0. The number of aromatic nitrogens is 1. The van der Waals surface area contributed by atoms with Gasteiger partial charge >= 0.3 is 0 Å². The largest absolute Gasteiger partial charge is 0.263 e. The van der Waals surface area contributed by atoms with Crippen LogP contribution in [0.15, 0.2) is 18.5 Å². The highest BCUT2D eigenvalue weighted by Crippen LogP contribution is 2.37. The van der Waals surface area contributed by atoms with Crippen molar-refractivity contribution in [1.29, 1.82) is 0 Å². The summed E-state index contributed by atoms with van der Waals surface area (Å²) in [7, 11) is 0. The van der Waals surface area contributed by atoms with Crippen LogP contribution in [0.2, 0.25) is 5.02 Å². The minimum absolute atomic E-state index is 0.250. The van der Waals surface area contributed by atoms with E-state index in [9.17, 15) is 0 Å². The van der Waals surface area contributed by atoms with Gasteiger partial charge in [-0.2, -0.15) is 0 Å². The Labute approximate surface area is 88.1 Å². The maximum atomic E-state index is 6.21. The Morgan fingerprint density at radius 3 is 2.92 bits per heavy atom. The Bertz CT molecular complexity index is 297. The van der Waals surface area contributed by atoms with Gasteiger partial charge < -0.3 is 0 Å². The second-order valence-corrected chi connectivity index (χ2v) is 4.49. The van der Waals surface area contributed by atoms with E-state index in [0.29, 0.717) is 5.92 Å². The van der Waals surface area contributed by atoms with Crippen molar-refractivity contribution in [2.24, 2.45) is 5.92 Å². The average molecular weight is 216 g/mol. The smallest absolute Gasteiger partial charge is 0.0621 e. The second-order valence-electron chi connectivity index (χ2n) is 3.52. The summed E-state index contributed by atoms with van der Waals surface area (Å²) in [6, 6.07) is 1.94. The Morgan fingerprint density at radius 1 is 1.54 bits per heavy atom. The van der Waals surface area contributed by atoms with Gasteiger partial charge in [0.25, 0.3) is 0 Å². The molecule has 1 fully saturated rings. The SMILES string of the molecule is Clc1cnccc1CC(Cl)C1CC1. The summed E-state index contributed by atoms with van der Waals surface area (Å²) in [5, 5.41) is 0.980. The summed E-state index contributed by atoms with van der Waals surface area (Å²) in [6.45, 7) is 0. The number of hydrogen-bond acceptors (Lipinski definition) is 1. The van der Waals surface area contributed by atoms with Crippen molar-refractivity contribution in [3.8, 4) is 0 Å². The predicted octanol–water partition coefficient (Wildman–Crippen LogP) is 3.29. The zero-order valence-electron chi connectivity index (χ0n) is 7.21. The third-order valence-electron chi connectivity index (χ3n) is 2.40. The van der Waals surface area contributed by atoms with Crippen LogP contribution in [0, 0.1) is 5.92 Å². The highest BCUT2D eigenvalue weighted by atomic mass is 35.5. The molecule has 0 saturated heterocycles. The zero-order valence-corrected chi connectivity index (χ0v) is 8.72. The summed E-state index contributed by atoms with van der Waals surface area (Å²) in [5.41, 5.74) is 1.11. The van der Waals surface area contributed by atoms with Crippen LogP contribution in [0.3, 0.4) is 0 Å². The van der Waals surface area contributed by atoms with Gasteiger partial charge in [-0.1, -0.05) is 11.6 Å². The van der Waals surface area contributed by atoms with Crippen molar-refractivity contribution >= 4 is 23.2 Å². The van der Waals surface area contributed by atoms with Crippen molar-refractivity contribution in [2.75, 3.05) is 0 Å². The molecule has 13 heavy (non-hydrogen) atoms. The first kappa shape index (κ1) is 9.29. The fraction of sp³-hybridized carbons (Fsp3) is 0.500. The molecule has 2 rings (SSSR count). The Kier molecular flexibility index (Phi) is 2.75. The molecular formula is C10H11Cl2N. The van der Waals surface area contributed by atoms with Crippen LogP contribution in [-0.2, 0) is 6.42 Å². The molecule has 0 N–H and O–H groups in total. The van der Waals surface area contributed by atoms with Crippen molar-refractivity contribution < 1.29 is 0 Å². The molecule has 1 aliphatic carbocycles. The monoisotopic (exact) mass is 215 g/mol. The molecule has 1 aliphatic rings. The molecule has 1 saturated carbocycles. The van der Waals surface area contributed by atoms with E-state index < -0.39 is 0 Å². The van der Waals surface area contributed by atoms with E-state index in [0.717, 1.165) is 17.0 Å². The molecule has 1 heterocycles. The molecule has 3 heteroatoms. The zero-order chi connectivity index (χ0) is 9.26. The maximum absolute atomic E-state index is 6.21. The quantitative estimate of drug-likeness (QED) is 0.706. The molecule has 1 aromatic rings. The third-order valence-corrected chi connectivity index (χ3v) is 3.26. The molecule has 0 radical (unpaired) electrons. The Balaban J connectivity index is 2.03. The lowest BCUT2D eigenvalue weighted by Gasteiger charge is -2.08. The van der Waals surface area contributed by atoms with E-state index in [1.54, 1.807) is 12.4 Å². The van der Waals surface area contributed by atoms with E-state index in [4.69, 9.17) is 23.2 Å². The summed E-state index contributed by atoms with van der Waals surface area (Å²) in [5.74, 6) is 0.714. The summed E-state index contributed by atoms with van der Waals surface area (Å²) >= 11 is 12.2. The van der Waals surface area contributed by atoms with Crippen molar-refractivity contribution in [3.63, 3.8) is 0 Å². The molecule has 0 bridgehead atoms. The minimum atomic E-state index is 0.250. The fourth-order valence-corrected chi connectivity index (χ4v) is 2.02. The molecule has 1 aromatic heterocycles. The standard InChI is InChI=1S/C10H11Cl2N/c11-9(7-1-2-7)5-8-3-4-13-6-10(8)12/h3-4,6-7,9H,1-2,5H2. The van der Waals surface area contributed by atoms with Gasteiger partial charge in [-0.05, 0) is 36.8 Å². The second kappa shape index (κ2) is 3.85. The predicted molar refractivity (Wildman–Crippen MR) is 55.3 cm³/mol. The normalized spacial score (nSPS) is 18.6. The van der Waals surface area contributed by atoms with E-state index in [1.807, 2.05) is 6.07 Å². The van der Waals surface area contributed by atoms with Crippen LogP contribution in [0.25, 0.3) is 0 Å². The lowest BCUT2D eigenvalue weighted by molar-refractivity contribution is 0.737. The van der Waals surface area contributed by atoms with Crippen LogP contribution in [-0.4, -0.2) is 10.4 Å². The highest BCUT2D eigenvalue weighted by molar-refractivity contribution is 6.31. The summed E-state index contributed by atoms with van der Waals surface area (Å²) in [6.07, 6.45) is 6.85.